The number of anilines is 1. The number of hydrogen-bond donors (Lipinski definition) is 3. The molecule has 1 heterocycles. The Morgan fingerprint density at radius 2 is 2.43 bits per heavy atom. The zero-order valence-corrected chi connectivity index (χ0v) is 8.22. The Kier molecular flexibility index (Phi) is 4.57. The van der Waals surface area contributed by atoms with Crippen LogP contribution in [0.4, 0.5) is 10.3 Å². The highest BCUT2D eigenvalue weighted by molar-refractivity contribution is 7.99. The number of thioether (sulfide) groups is 1. The van der Waals surface area contributed by atoms with Crippen LogP contribution in [0.5, 0.6) is 0 Å². The predicted molar refractivity (Wildman–Crippen MR) is 52.2 cm³/mol. The Morgan fingerprint density at radius 3 is 3.07 bits per heavy atom. The minimum Gasteiger partial charge on any atom is -0.396 e. The number of aliphatic hydroxyl groups is 1. The van der Waals surface area contributed by atoms with Crippen molar-refractivity contribution in [2.45, 2.75) is 11.4 Å². The molecular weight excluding hydrogens is 207 g/mol. The number of halogens is 1. The molecule has 1 aromatic heterocycles. The highest BCUT2D eigenvalue weighted by Gasteiger charge is 2.06. The second kappa shape index (κ2) is 5.74. The number of hydrazine groups is 1. The van der Waals surface area contributed by atoms with E-state index in [-0.39, 0.29) is 17.6 Å². The molecule has 0 fully saturated rings. The Labute approximate surface area is 84.9 Å². The molecule has 1 aromatic rings. The van der Waals surface area contributed by atoms with Crippen molar-refractivity contribution in [3.63, 3.8) is 0 Å². The van der Waals surface area contributed by atoms with Crippen molar-refractivity contribution in [3.8, 4) is 0 Å². The average molecular weight is 218 g/mol. The normalized spacial score (nSPS) is 10.2. The number of nitrogens with zero attached hydrogens (tertiary/aromatic N) is 2. The molecule has 14 heavy (non-hydrogen) atoms. The molecule has 0 saturated carbocycles. The molecule has 4 N–H and O–H groups in total. The summed E-state index contributed by atoms with van der Waals surface area (Å²) in [5.74, 6) is 5.38. The van der Waals surface area contributed by atoms with Gasteiger partial charge in [-0.1, -0.05) is 0 Å². The number of rotatable bonds is 5. The van der Waals surface area contributed by atoms with Crippen LogP contribution < -0.4 is 11.3 Å². The Bertz CT molecular complexity index is 299. The lowest BCUT2D eigenvalue weighted by Crippen LogP contribution is -2.11. The molecule has 0 spiro atoms. The summed E-state index contributed by atoms with van der Waals surface area (Å²) in [6.45, 7) is 0.0850. The highest BCUT2D eigenvalue weighted by atomic mass is 32.2. The molecule has 1 rings (SSSR count). The molecule has 0 aliphatic heterocycles. The number of nitrogens with one attached hydrogen (secondary N) is 1. The summed E-state index contributed by atoms with van der Waals surface area (Å²) in [5, 5.41) is 8.78. The van der Waals surface area contributed by atoms with Gasteiger partial charge in [-0.2, -0.15) is 0 Å². The topological polar surface area (TPSA) is 84.1 Å². The number of aliphatic hydroxyl groups excluding tert-OH is 1. The molecular formula is C7H11FN4OS. The van der Waals surface area contributed by atoms with E-state index in [0.717, 1.165) is 6.20 Å². The molecule has 0 aliphatic rings. The maximum Gasteiger partial charge on any atom is 0.238 e. The van der Waals surface area contributed by atoms with Crippen molar-refractivity contribution in [1.82, 2.24) is 9.97 Å². The third-order valence-corrected chi connectivity index (χ3v) is 2.43. The van der Waals surface area contributed by atoms with Gasteiger partial charge in [0.25, 0.3) is 0 Å². The molecule has 0 amide bonds. The minimum atomic E-state index is -0.480. The summed E-state index contributed by atoms with van der Waals surface area (Å²) in [4.78, 5) is 7.42. The summed E-state index contributed by atoms with van der Waals surface area (Å²) in [6.07, 6.45) is 1.66. The van der Waals surface area contributed by atoms with Crippen LogP contribution in [0.3, 0.4) is 0 Å². The fourth-order valence-electron chi connectivity index (χ4n) is 0.756. The molecule has 0 unspecified atom stereocenters. The summed E-state index contributed by atoms with van der Waals surface area (Å²) in [7, 11) is 0. The van der Waals surface area contributed by atoms with E-state index in [1.807, 2.05) is 0 Å². The van der Waals surface area contributed by atoms with Gasteiger partial charge in [-0.15, -0.1) is 11.8 Å². The van der Waals surface area contributed by atoms with Crippen molar-refractivity contribution in [2.24, 2.45) is 5.84 Å². The third-order valence-electron chi connectivity index (χ3n) is 1.38. The maximum absolute atomic E-state index is 13.1. The van der Waals surface area contributed by atoms with Crippen molar-refractivity contribution < 1.29 is 9.50 Å². The van der Waals surface area contributed by atoms with Crippen LogP contribution in [0.2, 0.25) is 0 Å². The van der Waals surface area contributed by atoms with Crippen molar-refractivity contribution >= 4 is 17.7 Å². The van der Waals surface area contributed by atoms with Gasteiger partial charge in [-0.3, -0.25) is 5.43 Å². The van der Waals surface area contributed by atoms with Gasteiger partial charge in [-0.05, 0) is 6.42 Å². The number of hydrogen-bond acceptors (Lipinski definition) is 6. The van der Waals surface area contributed by atoms with E-state index in [2.05, 4.69) is 15.4 Å². The zero-order chi connectivity index (χ0) is 10.4. The summed E-state index contributed by atoms with van der Waals surface area (Å²) < 4.78 is 13.1. The molecule has 0 bridgehead atoms. The first-order chi connectivity index (χ1) is 6.77. The van der Waals surface area contributed by atoms with Gasteiger partial charge in [0.2, 0.25) is 5.95 Å². The van der Waals surface area contributed by atoms with Crippen LogP contribution >= 0.6 is 11.8 Å². The second-order valence-corrected chi connectivity index (χ2v) is 3.50. The fraction of sp³-hybridized carbons (Fsp3) is 0.429. The van der Waals surface area contributed by atoms with Crippen LogP contribution in [0, 0.1) is 5.82 Å². The molecule has 78 valence electrons. The molecule has 0 aliphatic carbocycles. The Balaban J connectivity index is 2.64. The van der Waals surface area contributed by atoms with E-state index in [1.54, 1.807) is 0 Å². The summed E-state index contributed by atoms with van der Waals surface area (Å²) in [6, 6.07) is 0. The summed E-state index contributed by atoms with van der Waals surface area (Å²) in [5.41, 5.74) is 2.23. The lowest BCUT2D eigenvalue weighted by Gasteiger charge is -2.03. The van der Waals surface area contributed by atoms with Crippen molar-refractivity contribution in [3.05, 3.63) is 12.0 Å². The van der Waals surface area contributed by atoms with Crippen LogP contribution in [0.25, 0.3) is 0 Å². The van der Waals surface area contributed by atoms with Crippen LogP contribution in [-0.2, 0) is 0 Å². The van der Waals surface area contributed by atoms with Crippen molar-refractivity contribution in [1.29, 1.82) is 0 Å². The van der Waals surface area contributed by atoms with Gasteiger partial charge < -0.3 is 5.11 Å². The van der Waals surface area contributed by atoms with E-state index >= 15 is 0 Å². The molecule has 0 aromatic carbocycles. The second-order valence-electron chi connectivity index (χ2n) is 2.42. The van der Waals surface area contributed by atoms with E-state index in [4.69, 9.17) is 10.9 Å². The molecule has 0 atom stereocenters. The highest BCUT2D eigenvalue weighted by Crippen LogP contribution is 2.20. The molecule has 5 nitrogen and oxygen atoms in total. The third kappa shape index (κ3) is 3.09. The minimum absolute atomic E-state index is 0.0850. The van der Waals surface area contributed by atoms with Gasteiger partial charge in [0, 0.05) is 12.4 Å². The van der Waals surface area contributed by atoms with Gasteiger partial charge in [0.1, 0.15) is 5.03 Å². The van der Waals surface area contributed by atoms with Crippen molar-refractivity contribution in [2.75, 3.05) is 17.8 Å². The number of nitrogen functional groups attached to an aromatic ring is 1. The van der Waals surface area contributed by atoms with E-state index < -0.39 is 5.82 Å². The van der Waals surface area contributed by atoms with Crippen LogP contribution in [0.15, 0.2) is 11.2 Å². The van der Waals surface area contributed by atoms with Crippen LogP contribution in [0.1, 0.15) is 6.42 Å². The maximum atomic E-state index is 13.1. The van der Waals surface area contributed by atoms with Gasteiger partial charge in [0.05, 0.1) is 6.20 Å². The lowest BCUT2D eigenvalue weighted by atomic mass is 10.5. The molecule has 0 saturated heterocycles. The van der Waals surface area contributed by atoms with Gasteiger partial charge in [0.15, 0.2) is 5.82 Å². The first-order valence-corrected chi connectivity index (χ1v) is 4.99. The number of nitrogens with two attached hydrogens (primary N) is 1. The molecule has 7 heteroatoms. The Hall–Kier alpha value is -0.920. The van der Waals surface area contributed by atoms with E-state index in [9.17, 15) is 4.39 Å². The fourth-order valence-corrected chi connectivity index (χ4v) is 1.56. The van der Waals surface area contributed by atoms with Gasteiger partial charge >= 0.3 is 0 Å². The first kappa shape index (κ1) is 11.2. The monoisotopic (exact) mass is 218 g/mol. The largest absolute Gasteiger partial charge is 0.396 e. The van der Waals surface area contributed by atoms with Gasteiger partial charge in [-0.25, -0.2) is 20.2 Å². The number of aromatic nitrogens is 2. The SMILES string of the molecule is NNc1ncc(F)c(SCCCO)n1. The van der Waals surface area contributed by atoms with E-state index in [0.29, 0.717) is 12.2 Å². The zero-order valence-electron chi connectivity index (χ0n) is 7.40. The summed E-state index contributed by atoms with van der Waals surface area (Å²) >= 11 is 1.22. The smallest absolute Gasteiger partial charge is 0.238 e. The standard InChI is InChI=1S/C7H11FN4OS/c8-5-4-10-7(12-9)11-6(5)14-3-1-2-13/h4,13H,1-3,9H2,(H,10,11,12). The lowest BCUT2D eigenvalue weighted by molar-refractivity contribution is 0.296. The first-order valence-electron chi connectivity index (χ1n) is 4.00. The average Bonchev–Trinajstić information content (AvgIpc) is 2.21. The predicted octanol–water partition coefficient (Wildman–Crippen LogP) is 0.376. The van der Waals surface area contributed by atoms with Crippen LogP contribution in [-0.4, -0.2) is 27.4 Å². The quantitative estimate of drug-likeness (QED) is 0.218. The molecule has 0 radical (unpaired) electrons. The van der Waals surface area contributed by atoms with E-state index in [1.165, 1.54) is 11.8 Å². The Morgan fingerprint density at radius 1 is 1.64 bits per heavy atom.